The predicted octanol–water partition coefficient (Wildman–Crippen LogP) is 0.902. The molecule has 2 aromatic rings. The standard InChI is InChI=1S/C28H34O13/c1-12-23(33)24(34)25(35)27(38-12)37-11-28(2)10-18(32)26(41-28)39-14-7-16(30)22-17(31)9-20(40-21(22)8-14)13-4-5-19(36-3)15(29)6-13/h4-8,12,18,20,23-27,29-30,32-35H,9-11H2,1-3H3/t12?,18-,20?,23?,24?,25?,26?,27?,28-/m0/s1. The van der Waals surface area contributed by atoms with E-state index in [4.69, 9.17) is 28.4 Å². The second kappa shape index (κ2) is 11.2. The Labute approximate surface area is 235 Å². The molecule has 3 aliphatic rings. The first-order valence-electron chi connectivity index (χ1n) is 13.2. The molecule has 41 heavy (non-hydrogen) atoms. The predicted molar refractivity (Wildman–Crippen MR) is 138 cm³/mol. The largest absolute Gasteiger partial charge is 0.507 e. The van der Waals surface area contributed by atoms with Gasteiger partial charge in [0.1, 0.15) is 53.3 Å². The van der Waals surface area contributed by atoms with Crippen molar-refractivity contribution in [3.8, 4) is 28.7 Å². The van der Waals surface area contributed by atoms with Crippen molar-refractivity contribution in [3.05, 3.63) is 41.5 Å². The highest BCUT2D eigenvalue weighted by Crippen LogP contribution is 2.44. The Morgan fingerprint density at radius 1 is 1.00 bits per heavy atom. The number of hydrogen-bond donors (Lipinski definition) is 6. The Morgan fingerprint density at radius 2 is 1.76 bits per heavy atom. The van der Waals surface area contributed by atoms with Crippen LogP contribution < -0.4 is 14.2 Å². The van der Waals surface area contributed by atoms with Crippen molar-refractivity contribution in [2.75, 3.05) is 13.7 Å². The Balaban J connectivity index is 1.27. The van der Waals surface area contributed by atoms with Crippen LogP contribution in [0.5, 0.6) is 28.7 Å². The summed E-state index contributed by atoms with van der Waals surface area (Å²) in [6, 6.07) is 7.29. The molecule has 0 aromatic heterocycles. The topological polar surface area (TPSA) is 194 Å². The quantitative estimate of drug-likeness (QED) is 0.272. The Morgan fingerprint density at radius 3 is 2.46 bits per heavy atom. The van der Waals surface area contributed by atoms with Gasteiger partial charge in [0.2, 0.25) is 6.29 Å². The summed E-state index contributed by atoms with van der Waals surface area (Å²) in [5, 5.41) is 61.5. The number of carbonyl (C=O) groups excluding carboxylic acids is 1. The number of aliphatic hydroxyl groups excluding tert-OH is 4. The number of rotatable bonds is 7. The molecule has 224 valence electrons. The molecule has 13 nitrogen and oxygen atoms in total. The minimum atomic E-state index is -1.49. The molecule has 0 bridgehead atoms. The van der Waals surface area contributed by atoms with Gasteiger partial charge < -0.3 is 59.1 Å². The molecule has 2 fully saturated rings. The van der Waals surface area contributed by atoms with Crippen LogP contribution in [0.3, 0.4) is 0 Å². The minimum absolute atomic E-state index is 0.00923. The number of benzene rings is 2. The van der Waals surface area contributed by atoms with Crippen LogP contribution in [0.15, 0.2) is 30.3 Å². The Hall–Kier alpha value is -3.17. The highest BCUT2D eigenvalue weighted by molar-refractivity contribution is 6.02. The van der Waals surface area contributed by atoms with Gasteiger partial charge in [-0.1, -0.05) is 6.07 Å². The number of fused-ring (bicyclic) bond motifs is 1. The number of carbonyl (C=O) groups is 1. The number of hydrogen-bond acceptors (Lipinski definition) is 13. The zero-order chi connectivity index (χ0) is 29.6. The number of Topliss-reactive ketones (excluding diaryl/α,β-unsaturated/α-hetero) is 1. The maximum Gasteiger partial charge on any atom is 0.226 e. The van der Waals surface area contributed by atoms with Gasteiger partial charge in [0, 0.05) is 18.6 Å². The number of phenolic OH excluding ortho intramolecular Hbond substituents is 2. The second-order valence-corrected chi connectivity index (χ2v) is 10.8. The highest BCUT2D eigenvalue weighted by atomic mass is 16.7. The molecule has 0 amide bonds. The van der Waals surface area contributed by atoms with Crippen LogP contribution in [-0.2, 0) is 14.2 Å². The normalized spacial score (nSPS) is 35.0. The molecule has 13 heteroatoms. The van der Waals surface area contributed by atoms with E-state index in [1.54, 1.807) is 19.1 Å². The van der Waals surface area contributed by atoms with Gasteiger partial charge in [-0.15, -0.1) is 0 Å². The SMILES string of the molecule is COc1ccc(C2CC(=O)c3c(O)cc(OC4O[C@](C)(COC5OC(C)C(O)C(O)C5O)C[C@@H]4O)cc3O2)cc1O. The van der Waals surface area contributed by atoms with E-state index in [0.29, 0.717) is 5.56 Å². The summed E-state index contributed by atoms with van der Waals surface area (Å²) in [6.45, 7) is 3.04. The first-order chi connectivity index (χ1) is 19.4. The average molecular weight is 579 g/mol. The molecule has 2 saturated heterocycles. The van der Waals surface area contributed by atoms with Crippen LogP contribution in [0.4, 0.5) is 0 Å². The van der Waals surface area contributed by atoms with Crippen LogP contribution in [0, 0.1) is 0 Å². The number of ketones is 1. The third kappa shape index (κ3) is 5.79. The molecule has 5 rings (SSSR count). The van der Waals surface area contributed by atoms with E-state index in [1.165, 1.54) is 32.2 Å². The fraction of sp³-hybridized carbons (Fsp3) is 0.536. The molecule has 3 heterocycles. The summed E-state index contributed by atoms with van der Waals surface area (Å²) in [5.74, 6) is -0.441. The lowest BCUT2D eigenvalue weighted by molar-refractivity contribution is -0.303. The van der Waals surface area contributed by atoms with Crippen molar-refractivity contribution >= 4 is 5.78 Å². The van der Waals surface area contributed by atoms with Gasteiger partial charge in [0.05, 0.1) is 31.8 Å². The van der Waals surface area contributed by atoms with E-state index < -0.39 is 54.8 Å². The van der Waals surface area contributed by atoms with Crippen molar-refractivity contribution in [1.82, 2.24) is 0 Å². The molecule has 0 spiro atoms. The third-order valence-electron chi connectivity index (χ3n) is 7.52. The summed E-state index contributed by atoms with van der Waals surface area (Å²) in [5.41, 5.74) is -0.561. The van der Waals surface area contributed by atoms with Gasteiger partial charge in [-0.3, -0.25) is 4.79 Å². The lowest BCUT2D eigenvalue weighted by Gasteiger charge is -2.40. The van der Waals surface area contributed by atoms with E-state index in [-0.39, 0.29) is 59.5 Å². The van der Waals surface area contributed by atoms with Gasteiger partial charge in [-0.25, -0.2) is 0 Å². The van der Waals surface area contributed by atoms with Crippen LogP contribution in [-0.4, -0.2) is 98.8 Å². The van der Waals surface area contributed by atoms with E-state index in [1.807, 2.05) is 0 Å². The molecule has 0 saturated carbocycles. The Bertz CT molecular complexity index is 1280. The van der Waals surface area contributed by atoms with Crippen molar-refractivity contribution in [2.24, 2.45) is 0 Å². The maximum atomic E-state index is 12.9. The highest BCUT2D eigenvalue weighted by Gasteiger charge is 2.47. The van der Waals surface area contributed by atoms with Crippen LogP contribution in [0.2, 0.25) is 0 Å². The molecular formula is C28H34O13. The van der Waals surface area contributed by atoms with Crippen LogP contribution >= 0.6 is 0 Å². The number of ether oxygens (including phenoxy) is 6. The lowest BCUT2D eigenvalue weighted by Crippen LogP contribution is -2.57. The molecule has 9 atom stereocenters. The second-order valence-electron chi connectivity index (χ2n) is 10.8. The smallest absolute Gasteiger partial charge is 0.226 e. The first kappa shape index (κ1) is 29.3. The fourth-order valence-corrected chi connectivity index (χ4v) is 5.26. The molecule has 0 aliphatic carbocycles. The van der Waals surface area contributed by atoms with Gasteiger partial charge in [0.15, 0.2) is 23.6 Å². The van der Waals surface area contributed by atoms with Crippen molar-refractivity contribution in [2.45, 2.75) is 81.5 Å². The van der Waals surface area contributed by atoms with Crippen molar-refractivity contribution in [1.29, 1.82) is 0 Å². The van der Waals surface area contributed by atoms with Crippen molar-refractivity contribution in [3.63, 3.8) is 0 Å². The zero-order valence-corrected chi connectivity index (χ0v) is 22.7. The summed E-state index contributed by atoms with van der Waals surface area (Å²) in [4.78, 5) is 12.9. The van der Waals surface area contributed by atoms with Crippen molar-refractivity contribution < 1.29 is 63.9 Å². The monoisotopic (exact) mass is 578 g/mol. The molecule has 7 unspecified atom stereocenters. The van der Waals surface area contributed by atoms with Gasteiger partial charge in [0.25, 0.3) is 0 Å². The van der Waals surface area contributed by atoms with Crippen LogP contribution in [0.25, 0.3) is 0 Å². The molecule has 6 N–H and O–H groups in total. The number of aromatic hydroxyl groups is 2. The molecule has 2 aromatic carbocycles. The number of aliphatic hydroxyl groups is 4. The van der Waals surface area contributed by atoms with E-state index in [2.05, 4.69) is 0 Å². The maximum absolute atomic E-state index is 12.9. The first-order valence-corrected chi connectivity index (χ1v) is 13.2. The van der Waals surface area contributed by atoms with E-state index >= 15 is 0 Å². The molecule has 0 radical (unpaired) electrons. The average Bonchev–Trinajstić information content (AvgIpc) is 3.20. The molecule has 3 aliphatic heterocycles. The third-order valence-corrected chi connectivity index (χ3v) is 7.52. The minimum Gasteiger partial charge on any atom is -0.507 e. The zero-order valence-electron chi connectivity index (χ0n) is 22.7. The van der Waals surface area contributed by atoms with Gasteiger partial charge >= 0.3 is 0 Å². The lowest BCUT2D eigenvalue weighted by atomic mass is 9.95. The van der Waals surface area contributed by atoms with Gasteiger partial charge in [-0.05, 0) is 31.5 Å². The summed E-state index contributed by atoms with van der Waals surface area (Å²) in [6.07, 6.45) is -9.24. The fourth-order valence-electron chi connectivity index (χ4n) is 5.26. The van der Waals surface area contributed by atoms with Gasteiger partial charge in [-0.2, -0.15) is 0 Å². The number of methoxy groups -OCH3 is 1. The van der Waals surface area contributed by atoms with E-state index in [9.17, 15) is 35.4 Å². The van der Waals surface area contributed by atoms with Crippen LogP contribution in [0.1, 0.15) is 48.7 Å². The van der Waals surface area contributed by atoms with E-state index in [0.717, 1.165) is 0 Å². The summed E-state index contributed by atoms with van der Waals surface area (Å²) >= 11 is 0. The summed E-state index contributed by atoms with van der Waals surface area (Å²) in [7, 11) is 1.42. The Kier molecular flexibility index (Phi) is 8.05. The summed E-state index contributed by atoms with van der Waals surface area (Å²) < 4.78 is 33.9. The number of phenols is 2. The molecular weight excluding hydrogens is 544 g/mol.